The number of hydrogen-bond donors (Lipinski definition) is 1. The molecular weight excluding hydrogens is 198 g/mol. The van der Waals surface area contributed by atoms with Gasteiger partial charge in [0.05, 0.1) is 6.61 Å². The van der Waals surface area contributed by atoms with E-state index in [1.54, 1.807) is 0 Å². The van der Waals surface area contributed by atoms with Crippen molar-refractivity contribution < 1.29 is 4.74 Å². The molecule has 1 aliphatic carbocycles. The van der Waals surface area contributed by atoms with Crippen LogP contribution in [0.5, 0.6) is 0 Å². The first-order chi connectivity index (χ1) is 7.81. The molecule has 0 saturated heterocycles. The lowest BCUT2D eigenvalue weighted by atomic mass is 10.1. The van der Waals surface area contributed by atoms with E-state index in [9.17, 15) is 0 Å². The molecule has 0 aromatic heterocycles. The molecule has 0 atom stereocenters. The first kappa shape index (κ1) is 11.2. The zero-order valence-electron chi connectivity index (χ0n) is 9.83. The minimum Gasteiger partial charge on any atom is -0.494 e. The lowest BCUT2D eigenvalue weighted by Gasteiger charge is -2.12. The molecule has 86 valence electrons. The van der Waals surface area contributed by atoms with Gasteiger partial charge in [-0.3, -0.25) is 0 Å². The summed E-state index contributed by atoms with van der Waals surface area (Å²) in [7, 11) is 0. The van der Waals surface area contributed by atoms with Crippen molar-refractivity contribution >= 4 is 5.76 Å². The van der Waals surface area contributed by atoms with Crippen molar-refractivity contribution in [1.82, 2.24) is 5.32 Å². The number of hydrogen-bond acceptors (Lipinski definition) is 2. The highest BCUT2D eigenvalue weighted by molar-refractivity contribution is 5.60. The highest BCUT2D eigenvalue weighted by Crippen LogP contribution is 2.22. The average Bonchev–Trinajstić information content (AvgIpc) is 3.11. The first-order valence-electron chi connectivity index (χ1n) is 5.94. The zero-order valence-corrected chi connectivity index (χ0v) is 9.83. The molecule has 1 aliphatic rings. The van der Waals surface area contributed by atoms with E-state index in [4.69, 9.17) is 4.74 Å². The van der Waals surface area contributed by atoms with Crippen molar-refractivity contribution in [2.45, 2.75) is 32.4 Å². The van der Waals surface area contributed by atoms with Crippen molar-refractivity contribution in [3.05, 3.63) is 42.0 Å². The van der Waals surface area contributed by atoms with Crippen LogP contribution in [0.25, 0.3) is 5.76 Å². The predicted octanol–water partition coefficient (Wildman–Crippen LogP) is 2.95. The van der Waals surface area contributed by atoms with Gasteiger partial charge in [-0.25, -0.2) is 0 Å². The van der Waals surface area contributed by atoms with Gasteiger partial charge in [0.25, 0.3) is 0 Å². The summed E-state index contributed by atoms with van der Waals surface area (Å²) in [5.74, 6) is 0.774. The second kappa shape index (κ2) is 5.17. The fourth-order valence-corrected chi connectivity index (χ4v) is 1.74. The minimum absolute atomic E-state index is 0.670. The van der Waals surface area contributed by atoms with Gasteiger partial charge < -0.3 is 10.1 Å². The molecule has 1 N–H and O–H groups in total. The molecule has 16 heavy (non-hydrogen) atoms. The van der Waals surface area contributed by atoms with E-state index >= 15 is 0 Å². The van der Waals surface area contributed by atoms with E-state index in [1.165, 1.54) is 18.4 Å². The topological polar surface area (TPSA) is 21.3 Å². The van der Waals surface area contributed by atoms with Crippen LogP contribution in [0.15, 0.2) is 30.8 Å². The number of rotatable bonds is 6. The third-order valence-electron chi connectivity index (χ3n) is 2.79. The molecule has 0 amide bonds. The smallest absolute Gasteiger partial charge is 0.119 e. The average molecular weight is 217 g/mol. The molecule has 2 rings (SSSR count). The fourth-order valence-electron chi connectivity index (χ4n) is 1.74. The van der Waals surface area contributed by atoms with E-state index in [-0.39, 0.29) is 0 Å². The van der Waals surface area contributed by atoms with Crippen LogP contribution >= 0.6 is 0 Å². The largest absolute Gasteiger partial charge is 0.494 e. The van der Waals surface area contributed by atoms with Crippen molar-refractivity contribution in [3.8, 4) is 0 Å². The van der Waals surface area contributed by atoms with E-state index in [0.717, 1.165) is 23.9 Å². The van der Waals surface area contributed by atoms with Gasteiger partial charge in [-0.2, -0.15) is 0 Å². The number of ether oxygens (including phenoxy) is 1. The SMILES string of the molecule is C=C(OCC)c1ccccc1CNC1CC1. The highest BCUT2D eigenvalue weighted by Gasteiger charge is 2.20. The molecule has 1 fully saturated rings. The Kier molecular flexibility index (Phi) is 3.62. The maximum absolute atomic E-state index is 5.47. The van der Waals surface area contributed by atoms with Gasteiger partial charge in [-0.05, 0) is 25.3 Å². The minimum atomic E-state index is 0.670. The summed E-state index contributed by atoms with van der Waals surface area (Å²) >= 11 is 0. The summed E-state index contributed by atoms with van der Waals surface area (Å²) in [5, 5.41) is 3.51. The van der Waals surface area contributed by atoms with Crippen LogP contribution < -0.4 is 5.32 Å². The van der Waals surface area contributed by atoms with Crippen LogP contribution in [0.4, 0.5) is 0 Å². The summed E-state index contributed by atoms with van der Waals surface area (Å²) in [4.78, 5) is 0. The molecule has 0 heterocycles. The van der Waals surface area contributed by atoms with Crippen LogP contribution in [0.3, 0.4) is 0 Å². The Morgan fingerprint density at radius 2 is 2.19 bits per heavy atom. The van der Waals surface area contributed by atoms with Gasteiger partial charge in [-0.1, -0.05) is 30.8 Å². The van der Waals surface area contributed by atoms with Crippen molar-refractivity contribution in [2.24, 2.45) is 0 Å². The monoisotopic (exact) mass is 217 g/mol. The van der Waals surface area contributed by atoms with Gasteiger partial charge >= 0.3 is 0 Å². The van der Waals surface area contributed by atoms with Gasteiger partial charge in [-0.15, -0.1) is 0 Å². The Morgan fingerprint density at radius 1 is 1.44 bits per heavy atom. The summed E-state index contributed by atoms with van der Waals surface area (Å²) in [6.45, 7) is 7.53. The van der Waals surface area contributed by atoms with Gasteiger partial charge in [0, 0.05) is 18.2 Å². The third kappa shape index (κ3) is 2.86. The van der Waals surface area contributed by atoms with Crippen LogP contribution in [-0.2, 0) is 11.3 Å². The summed E-state index contributed by atoms with van der Waals surface area (Å²) in [6.07, 6.45) is 2.63. The third-order valence-corrected chi connectivity index (χ3v) is 2.79. The lowest BCUT2D eigenvalue weighted by molar-refractivity contribution is 0.298. The maximum Gasteiger partial charge on any atom is 0.119 e. The molecule has 0 spiro atoms. The van der Waals surface area contributed by atoms with Crippen LogP contribution in [0, 0.1) is 0 Å². The molecule has 2 heteroatoms. The second-order valence-electron chi connectivity index (χ2n) is 4.17. The Hall–Kier alpha value is -1.28. The highest BCUT2D eigenvalue weighted by atomic mass is 16.5. The summed E-state index contributed by atoms with van der Waals surface area (Å²) in [6, 6.07) is 9.03. The molecule has 0 radical (unpaired) electrons. The summed E-state index contributed by atoms with van der Waals surface area (Å²) < 4.78 is 5.47. The molecule has 1 aromatic carbocycles. The van der Waals surface area contributed by atoms with Crippen molar-refractivity contribution in [2.75, 3.05) is 6.61 Å². The molecule has 0 aliphatic heterocycles. The Bertz CT molecular complexity index is 369. The van der Waals surface area contributed by atoms with Crippen LogP contribution in [0.1, 0.15) is 30.9 Å². The molecule has 1 aromatic rings. The van der Waals surface area contributed by atoms with E-state index < -0.39 is 0 Å². The quantitative estimate of drug-likeness (QED) is 0.740. The normalized spacial score (nSPS) is 14.8. The second-order valence-corrected chi connectivity index (χ2v) is 4.17. The first-order valence-corrected chi connectivity index (χ1v) is 5.94. The predicted molar refractivity (Wildman–Crippen MR) is 67.0 cm³/mol. The number of nitrogens with one attached hydrogen (secondary N) is 1. The lowest BCUT2D eigenvalue weighted by Crippen LogP contribution is -2.16. The molecule has 2 nitrogen and oxygen atoms in total. The fraction of sp³-hybridized carbons (Fsp3) is 0.429. The molecule has 0 bridgehead atoms. The summed E-state index contributed by atoms with van der Waals surface area (Å²) in [5.41, 5.74) is 2.39. The van der Waals surface area contributed by atoms with Crippen LogP contribution in [0.2, 0.25) is 0 Å². The van der Waals surface area contributed by atoms with Gasteiger partial charge in [0.2, 0.25) is 0 Å². The van der Waals surface area contributed by atoms with E-state index in [2.05, 4.69) is 30.1 Å². The van der Waals surface area contributed by atoms with Crippen LogP contribution in [-0.4, -0.2) is 12.6 Å². The standard InChI is InChI=1S/C14H19NO/c1-3-16-11(2)14-7-5-4-6-12(14)10-15-13-8-9-13/h4-7,13,15H,2-3,8-10H2,1H3. The van der Waals surface area contributed by atoms with Gasteiger partial charge in [0.15, 0.2) is 0 Å². The van der Waals surface area contributed by atoms with Crippen molar-refractivity contribution in [3.63, 3.8) is 0 Å². The zero-order chi connectivity index (χ0) is 11.4. The van der Waals surface area contributed by atoms with E-state index in [0.29, 0.717) is 6.61 Å². The Morgan fingerprint density at radius 3 is 2.88 bits per heavy atom. The van der Waals surface area contributed by atoms with E-state index in [1.807, 2.05) is 13.0 Å². The molecule has 1 saturated carbocycles. The number of benzene rings is 1. The van der Waals surface area contributed by atoms with Crippen molar-refractivity contribution in [1.29, 1.82) is 0 Å². The maximum atomic E-state index is 5.47. The molecule has 0 unspecified atom stereocenters. The van der Waals surface area contributed by atoms with Gasteiger partial charge in [0.1, 0.15) is 5.76 Å². The Balaban J connectivity index is 2.05. The molecular formula is C14H19NO. The Labute approximate surface area is 97.3 Å².